The molecule has 100 valence electrons. The quantitative estimate of drug-likeness (QED) is 0.598. The Balaban J connectivity index is 2.42. The van der Waals surface area contributed by atoms with Gasteiger partial charge in [-0.25, -0.2) is 0 Å². The van der Waals surface area contributed by atoms with Crippen molar-refractivity contribution in [3.63, 3.8) is 0 Å². The molecule has 0 aliphatic carbocycles. The number of hydrogen-bond donors (Lipinski definition) is 2. The van der Waals surface area contributed by atoms with Crippen molar-refractivity contribution >= 4 is 11.6 Å². The molecule has 4 nitrogen and oxygen atoms in total. The van der Waals surface area contributed by atoms with Crippen molar-refractivity contribution in [2.75, 3.05) is 31.5 Å². The average molecular weight is 248 g/mol. The second kappa shape index (κ2) is 7.71. The summed E-state index contributed by atoms with van der Waals surface area (Å²) in [7, 11) is 0. The standard InChI is InChI=1S/C14H24N4/c1-4-18(5-2)10-9-16-14(15)17-13-8-6-7-12(3)11-13/h6-8,11H,4-5,9-10H2,1-3H3,(H3,15,16,17). The van der Waals surface area contributed by atoms with Gasteiger partial charge in [-0.3, -0.25) is 4.99 Å². The Kier molecular flexibility index (Phi) is 6.22. The first kappa shape index (κ1) is 14.5. The fourth-order valence-corrected chi connectivity index (χ4v) is 1.76. The van der Waals surface area contributed by atoms with Gasteiger partial charge < -0.3 is 16.0 Å². The van der Waals surface area contributed by atoms with Crippen LogP contribution in [0.25, 0.3) is 0 Å². The van der Waals surface area contributed by atoms with Crippen molar-refractivity contribution < 1.29 is 0 Å². The van der Waals surface area contributed by atoms with Crippen LogP contribution >= 0.6 is 0 Å². The van der Waals surface area contributed by atoms with Gasteiger partial charge >= 0.3 is 0 Å². The molecule has 0 bridgehead atoms. The highest BCUT2D eigenvalue weighted by atomic mass is 15.1. The average Bonchev–Trinajstić information content (AvgIpc) is 2.34. The largest absolute Gasteiger partial charge is 0.370 e. The van der Waals surface area contributed by atoms with E-state index in [1.54, 1.807) is 0 Å². The molecule has 0 saturated carbocycles. The zero-order chi connectivity index (χ0) is 13.4. The van der Waals surface area contributed by atoms with E-state index in [1.165, 1.54) is 5.56 Å². The molecular formula is C14H24N4. The van der Waals surface area contributed by atoms with E-state index in [9.17, 15) is 0 Å². The molecule has 0 aliphatic rings. The molecule has 0 atom stereocenters. The van der Waals surface area contributed by atoms with Gasteiger partial charge in [-0.1, -0.05) is 26.0 Å². The highest BCUT2D eigenvalue weighted by Crippen LogP contribution is 2.08. The summed E-state index contributed by atoms with van der Waals surface area (Å²) in [5.41, 5.74) is 8.04. The summed E-state index contributed by atoms with van der Waals surface area (Å²) in [6.07, 6.45) is 0. The lowest BCUT2D eigenvalue weighted by Crippen LogP contribution is -2.28. The summed E-state index contributed by atoms with van der Waals surface area (Å²) >= 11 is 0. The molecule has 1 aromatic rings. The summed E-state index contributed by atoms with van der Waals surface area (Å²) in [4.78, 5) is 6.65. The number of hydrogen-bond acceptors (Lipinski definition) is 2. The summed E-state index contributed by atoms with van der Waals surface area (Å²) in [5.74, 6) is 0.479. The number of nitrogens with zero attached hydrogens (tertiary/aromatic N) is 2. The van der Waals surface area contributed by atoms with Crippen molar-refractivity contribution in [1.82, 2.24) is 4.90 Å². The first-order chi connectivity index (χ1) is 8.65. The minimum Gasteiger partial charge on any atom is -0.370 e. The van der Waals surface area contributed by atoms with Crippen molar-refractivity contribution in [3.8, 4) is 0 Å². The number of aliphatic imine (C=N–C) groups is 1. The molecule has 1 rings (SSSR count). The lowest BCUT2D eigenvalue weighted by Gasteiger charge is -2.16. The van der Waals surface area contributed by atoms with Crippen LogP contribution in [0.1, 0.15) is 19.4 Å². The summed E-state index contributed by atoms with van der Waals surface area (Å²) in [6.45, 7) is 10.1. The van der Waals surface area contributed by atoms with Gasteiger partial charge in [0.25, 0.3) is 0 Å². The summed E-state index contributed by atoms with van der Waals surface area (Å²) in [6, 6.07) is 8.09. The fourth-order valence-electron chi connectivity index (χ4n) is 1.76. The predicted molar refractivity (Wildman–Crippen MR) is 79.1 cm³/mol. The van der Waals surface area contributed by atoms with Gasteiger partial charge in [0.1, 0.15) is 0 Å². The van der Waals surface area contributed by atoms with Gasteiger partial charge in [-0.15, -0.1) is 0 Å². The molecule has 0 fully saturated rings. The molecule has 0 amide bonds. The Morgan fingerprint density at radius 3 is 2.67 bits per heavy atom. The van der Waals surface area contributed by atoms with E-state index in [2.05, 4.69) is 42.0 Å². The number of likely N-dealkylation sites (N-methyl/N-ethyl adjacent to an activating group) is 1. The van der Waals surface area contributed by atoms with Crippen LogP contribution in [-0.4, -0.2) is 37.0 Å². The molecule has 1 aromatic carbocycles. The van der Waals surface area contributed by atoms with E-state index < -0.39 is 0 Å². The van der Waals surface area contributed by atoms with Crippen LogP contribution in [0.2, 0.25) is 0 Å². The lowest BCUT2D eigenvalue weighted by atomic mass is 10.2. The van der Waals surface area contributed by atoms with E-state index in [1.807, 2.05) is 18.2 Å². The summed E-state index contributed by atoms with van der Waals surface area (Å²) < 4.78 is 0. The molecule has 0 heterocycles. The third-order valence-electron chi connectivity index (χ3n) is 2.88. The van der Waals surface area contributed by atoms with Crippen LogP contribution in [0.3, 0.4) is 0 Å². The molecule has 0 aromatic heterocycles. The van der Waals surface area contributed by atoms with Crippen LogP contribution in [0.15, 0.2) is 29.3 Å². The highest BCUT2D eigenvalue weighted by Gasteiger charge is 1.98. The monoisotopic (exact) mass is 248 g/mol. The molecule has 18 heavy (non-hydrogen) atoms. The van der Waals surface area contributed by atoms with Gasteiger partial charge in [0.2, 0.25) is 0 Å². The van der Waals surface area contributed by atoms with Gasteiger partial charge in [0, 0.05) is 12.2 Å². The molecule has 4 heteroatoms. The van der Waals surface area contributed by atoms with Gasteiger partial charge in [0.05, 0.1) is 6.54 Å². The minimum atomic E-state index is 0.479. The van der Waals surface area contributed by atoms with Crippen molar-refractivity contribution in [3.05, 3.63) is 29.8 Å². The zero-order valence-corrected chi connectivity index (χ0v) is 11.6. The Labute approximate surface area is 110 Å². The van der Waals surface area contributed by atoms with Crippen molar-refractivity contribution in [2.45, 2.75) is 20.8 Å². The van der Waals surface area contributed by atoms with Crippen LogP contribution in [0.5, 0.6) is 0 Å². The Hall–Kier alpha value is -1.55. The fraction of sp³-hybridized carbons (Fsp3) is 0.500. The maximum Gasteiger partial charge on any atom is 0.193 e. The van der Waals surface area contributed by atoms with Crippen molar-refractivity contribution in [1.29, 1.82) is 0 Å². The Morgan fingerprint density at radius 2 is 2.06 bits per heavy atom. The molecule has 3 N–H and O–H groups in total. The topological polar surface area (TPSA) is 53.6 Å². The van der Waals surface area contributed by atoms with E-state index in [0.717, 1.165) is 31.9 Å². The number of anilines is 1. The SMILES string of the molecule is CCN(CC)CCN=C(N)Nc1cccc(C)c1. The molecule has 0 aliphatic heterocycles. The van der Waals surface area contributed by atoms with E-state index in [-0.39, 0.29) is 0 Å². The third-order valence-corrected chi connectivity index (χ3v) is 2.88. The molecule has 0 saturated heterocycles. The number of benzene rings is 1. The van der Waals surface area contributed by atoms with Crippen LogP contribution in [0, 0.1) is 6.92 Å². The van der Waals surface area contributed by atoms with Crippen LogP contribution in [0.4, 0.5) is 5.69 Å². The number of nitrogens with two attached hydrogens (primary N) is 1. The molecule has 0 unspecified atom stereocenters. The first-order valence-corrected chi connectivity index (χ1v) is 6.51. The summed E-state index contributed by atoms with van der Waals surface area (Å²) in [5, 5.41) is 3.10. The highest BCUT2D eigenvalue weighted by molar-refractivity contribution is 5.92. The molecular weight excluding hydrogens is 224 g/mol. The maximum absolute atomic E-state index is 5.85. The second-order valence-electron chi connectivity index (χ2n) is 4.29. The van der Waals surface area contributed by atoms with E-state index in [4.69, 9.17) is 5.73 Å². The van der Waals surface area contributed by atoms with Gasteiger partial charge in [0.15, 0.2) is 5.96 Å². The predicted octanol–water partition coefficient (Wildman–Crippen LogP) is 2.06. The second-order valence-corrected chi connectivity index (χ2v) is 4.29. The first-order valence-electron chi connectivity index (χ1n) is 6.51. The lowest BCUT2D eigenvalue weighted by molar-refractivity contribution is 0.313. The normalized spacial score (nSPS) is 11.9. The molecule has 0 spiro atoms. The van der Waals surface area contributed by atoms with Crippen LogP contribution < -0.4 is 11.1 Å². The number of aryl methyl sites for hydroxylation is 1. The number of nitrogens with one attached hydrogen (secondary N) is 1. The van der Waals surface area contributed by atoms with Gasteiger partial charge in [-0.05, 0) is 37.7 Å². The van der Waals surface area contributed by atoms with E-state index >= 15 is 0 Å². The van der Waals surface area contributed by atoms with Gasteiger partial charge in [-0.2, -0.15) is 0 Å². The van der Waals surface area contributed by atoms with Crippen molar-refractivity contribution in [2.24, 2.45) is 10.7 Å². The number of guanidine groups is 1. The smallest absolute Gasteiger partial charge is 0.193 e. The Bertz CT molecular complexity index is 383. The number of rotatable bonds is 6. The maximum atomic E-state index is 5.85. The Morgan fingerprint density at radius 1 is 1.33 bits per heavy atom. The minimum absolute atomic E-state index is 0.479. The van der Waals surface area contributed by atoms with Crippen LogP contribution in [-0.2, 0) is 0 Å². The van der Waals surface area contributed by atoms with E-state index in [0.29, 0.717) is 5.96 Å². The third kappa shape index (κ3) is 5.19. The molecule has 0 radical (unpaired) electrons. The zero-order valence-electron chi connectivity index (χ0n) is 11.6.